The van der Waals surface area contributed by atoms with Crippen molar-refractivity contribution in [3.05, 3.63) is 179 Å². The average Bonchev–Trinajstić information content (AvgIpc) is 1.61. The summed E-state index contributed by atoms with van der Waals surface area (Å²) in [5.74, 6) is -3.11. The lowest BCUT2D eigenvalue weighted by Crippen LogP contribution is -2.54. The largest absolute Gasteiger partial charge is 0.453 e. The van der Waals surface area contributed by atoms with Gasteiger partial charge in [-0.05, 0) is 218 Å². The Balaban J connectivity index is 0.000000251. The smallest absolute Gasteiger partial charge is 0.407 e. The average molecular weight is 1790 g/mol. The molecule has 0 radical (unpaired) electrons. The van der Waals surface area contributed by atoms with E-state index in [1.54, 1.807) is 19.6 Å². The van der Waals surface area contributed by atoms with E-state index < -0.39 is 72.7 Å². The lowest BCUT2D eigenvalue weighted by atomic mass is 9.87. The molecule has 0 saturated carbocycles. The summed E-state index contributed by atoms with van der Waals surface area (Å²) in [5, 5.41) is 22.7. The van der Waals surface area contributed by atoms with Crippen molar-refractivity contribution in [2.75, 3.05) is 85.7 Å². The number of ether oxygens (including phenoxy) is 4. The first-order chi connectivity index (χ1) is 61.8. The van der Waals surface area contributed by atoms with E-state index >= 15 is 0 Å². The molecule has 6 aromatic carbocycles. The number of nitrogens with zero attached hydrogens (tertiary/aromatic N) is 6. The molecule has 6 saturated heterocycles. The highest BCUT2D eigenvalue weighted by atomic mass is 16.6. The zero-order chi connectivity index (χ0) is 94.3. The number of carbonyl (C=O) groups excluding carboxylic acids is 12. The van der Waals surface area contributed by atoms with Gasteiger partial charge in [0.15, 0.2) is 0 Å². The number of nitrogens with one attached hydrogen (secondary N) is 8. The van der Waals surface area contributed by atoms with E-state index in [4.69, 9.17) is 18.9 Å². The van der Waals surface area contributed by atoms with Crippen LogP contribution in [0, 0.1) is 23.7 Å². The number of hydrogen-bond donors (Lipinski definition) is 8. The summed E-state index contributed by atoms with van der Waals surface area (Å²) in [6.45, 7) is 29.6. The molecule has 700 valence electrons. The SMILES string of the molecule is COC(=O)N[C@H](C(=O)N1CCC[C@H]1C(=O)Nc1ccc([C@@H]2CC[C@@H](c3ccc(NC(=O)[C@@H]4CCCN4C(=O)[C@@H](NC(=O)OC)C(C)C)cc3)N2c2ccc(C(C)(C)C)cc2)cc1)C(C)C.COC(=O)N[C@H](C(=O)N1CCC[C@H]1C(=O)Nc1ccc([C@H]2CC[C@H](c3ccc(NC(=O)[C@@H]4CCCN4C(=O)[C@@H](NC(=O)OC)C(C)C)cc3)N2c2ccc(C(C)(C)C)cc2)cc1)C(C)C. The summed E-state index contributed by atoms with van der Waals surface area (Å²) in [4.78, 5) is 168. The number of benzene rings is 6. The molecule has 0 aromatic heterocycles. The quantitative estimate of drug-likeness (QED) is 0.0234. The molecule has 6 aromatic rings. The minimum Gasteiger partial charge on any atom is -0.453 e. The normalized spacial score (nSPS) is 20.6. The van der Waals surface area contributed by atoms with Gasteiger partial charge >= 0.3 is 24.4 Å². The fraction of sp³-hybridized carbons (Fsp3) is 0.520. The van der Waals surface area contributed by atoms with E-state index in [1.807, 2.05) is 104 Å². The van der Waals surface area contributed by atoms with Crippen LogP contribution in [0.3, 0.4) is 0 Å². The number of amides is 12. The Morgan fingerprint density at radius 3 is 0.646 bits per heavy atom. The minimum atomic E-state index is -0.814. The van der Waals surface area contributed by atoms with Gasteiger partial charge in [0.2, 0.25) is 47.3 Å². The number of hydrogen-bond acceptors (Lipinski definition) is 18. The van der Waals surface area contributed by atoms with Crippen LogP contribution in [-0.2, 0) is 68.1 Å². The number of likely N-dealkylation sites (tertiary alicyclic amines) is 4. The third-order valence-corrected chi connectivity index (χ3v) is 26.0. The van der Waals surface area contributed by atoms with Gasteiger partial charge in [0, 0.05) is 60.3 Å². The van der Waals surface area contributed by atoms with Crippen molar-refractivity contribution in [2.45, 2.75) is 257 Å². The highest BCUT2D eigenvalue weighted by Gasteiger charge is 2.46. The van der Waals surface area contributed by atoms with Crippen LogP contribution in [0.5, 0.6) is 0 Å². The van der Waals surface area contributed by atoms with Crippen LogP contribution in [-0.4, -0.2) is 194 Å². The maximum atomic E-state index is 13.7. The summed E-state index contributed by atoms with van der Waals surface area (Å²) in [5.41, 5.74) is 11.5. The Labute approximate surface area is 764 Å². The summed E-state index contributed by atoms with van der Waals surface area (Å²) >= 11 is 0. The van der Waals surface area contributed by atoms with Crippen molar-refractivity contribution in [3.8, 4) is 0 Å². The van der Waals surface area contributed by atoms with Gasteiger partial charge < -0.3 is 90.9 Å². The Morgan fingerprint density at radius 1 is 0.285 bits per heavy atom. The predicted molar refractivity (Wildman–Crippen MR) is 501 cm³/mol. The van der Waals surface area contributed by atoms with Gasteiger partial charge in [-0.15, -0.1) is 0 Å². The molecule has 6 aliphatic heterocycles. The molecule has 6 fully saturated rings. The summed E-state index contributed by atoms with van der Waals surface area (Å²) < 4.78 is 19.0. The van der Waals surface area contributed by atoms with Crippen molar-refractivity contribution in [1.29, 1.82) is 0 Å². The third kappa shape index (κ3) is 23.7. The third-order valence-electron chi connectivity index (χ3n) is 26.0. The van der Waals surface area contributed by atoms with Gasteiger partial charge in [0.05, 0.1) is 52.6 Å². The van der Waals surface area contributed by atoms with Crippen molar-refractivity contribution in [1.82, 2.24) is 40.9 Å². The number of rotatable bonds is 26. The van der Waals surface area contributed by atoms with Crippen LogP contribution >= 0.6 is 0 Å². The molecule has 12 atom stereocenters. The molecule has 30 heteroatoms. The molecule has 6 aliphatic rings. The molecule has 6 heterocycles. The standard InChI is InChI=1S/2C50H67N7O8/c2*1-30(2)42(53-48(62)64-8)46(60)55-28-10-12-40(55)44(58)51-35-20-14-32(15-21-35)38-26-27-39(57(38)37-24-18-34(19-25-37)50(5,6)7)33-16-22-36(23-17-33)52-45(59)41-13-11-29-56(41)47(61)43(31(3)4)54-49(63)65-9/h2*14-25,30-31,38-43H,10-13,26-29H2,1-9H3,(H,51,58)(H,52,59)(H,53,62)(H,54,63)/t38-,39-,40+,41+,42+,43+;38-,39-,40-,41-,42-,43-/m10/s1. The number of methoxy groups -OCH3 is 4. The van der Waals surface area contributed by atoms with Gasteiger partial charge in [-0.25, -0.2) is 19.2 Å². The molecular weight excluding hydrogens is 1650 g/mol. The van der Waals surface area contributed by atoms with Crippen molar-refractivity contribution in [2.24, 2.45) is 23.7 Å². The van der Waals surface area contributed by atoms with Crippen molar-refractivity contribution >= 4 is 106 Å². The van der Waals surface area contributed by atoms with E-state index in [0.717, 1.165) is 59.3 Å². The van der Waals surface area contributed by atoms with Crippen LogP contribution in [0.4, 0.5) is 53.3 Å². The Kier molecular flexibility index (Phi) is 32.9. The fourth-order valence-corrected chi connectivity index (χ4v) is 18.7. The van der Waals surface area contributed by atoms with E-state index in [0.29, 0.717) is 100 Å². The van der Waals surface area contributed by atoms with Gasteiger partial charge in [-0.3, -0.25) is 38.4 Å². The zero-order valence-electron chi connectivity index (χ0n) is 78.6. The maximum Gasteiger partial charge on any atom is 0.407 e. The molecule has 12 rings (SSSR count). The summed E-state index contributed by atoms with van der Waals surface area (Å²) in [6, 6.07) is 43.4. The van der Waals surface area contributed by atoms with Crippen LogP contribution in [0.1, 0.15) is 232 Å². The predicted octanol–water partition coefficient (Wildman–Crippen LogP) is 15.4. The molecule has 0 bridgehead atoms. The second kappa shape index (κ2) is 43.5. The second-order valence-electron chi connectivity index (χ2n) is 38.3. The van der Waals surface area contributed by atoms with E-state index in [1.165, 1.54) is 39.6 Å². The molecule has 8 N–H and O–H groups in total. The monoisotopic (exact) mass is 1790 g/mol. The molecular formula is C100H134N14O16. The summed E-state index contributed by atoms with van der Waals surface area (Å²) in [6.07, 6.45) is 5.53. The second-order valence-corrected chi connectivity index (χ2v) is 38.3. The Morgan fingerprint density at radius 2 is 0.477 bits per heavy atom. The van der Waals surface area contributed by atoms with Crippen molar-refractivity contribution < 1.29 is 76.5 Å². The van der Waals surface area contributed by atoms with Crippen LogP contribution < -0.4 is 52.3 Å². The van der Waals surface area contributed by atoms with Gasteiger partial charge in [-0.1, -0.05) is 170 Å². The Hall–Kier alpha value is -12.2. The number of alkyl carbamates (subject to hydrolysis) is 4. The zero-order valence-corrected chi connectivity index (χ0v) is 78.6. The minimum absolute atomic E-state index is 0.0132. The highest BCUT2D eigenvalue weighted by Crippen LogP contribution is 2.50. The van der Waals surface area contributed by atoms with Gasteiger partial charge in [-0.2, -0.15) is 0 Å². The number of anilines is 6. The van der Waals surface area contributed by atoms with Crippen LogP contribution in [0.2, 0.25) is 0 Å². The molecule has 30 nitrogen and oxygen atoms in total. The van der Waals surface area contributed by atoms with Crippen molar-refractivity contribution in [3.63, 3.8) is 0 Å². The first-order valence-corrected chi connectivity index (χ1v) is 45.8. The molecule has 0 spiro atoms. The maximum absolute atomic E-state index is 13.7. The lowest BCUT2D eigenvalue weighted by Gasteiger charge is -2.34. The highest BCUT2D eigenvalue weighted by molar-refractivity contribution is 6.02. The Bertz CT molecular complexity index is 4400. The van der Waals surface area contributed by atoms with E-state index in [-0.39, 0.29) is 106 Å². The van der Waals surface area contributed by atoms with E-state index in [2.05, 4.69) is 191 Å². The van der Waals surface area contributed by atoms with E-state index in [9.17, 15) is 57.5 Å². The van der Waals surface area contributed by atoms with Crippen LogP contribution in [0.15, 0.2) is 146 Å². The first kappa shape index (κ1) is 98.4. The van der Waals surface area contributed by atoms with Crippen LogP contribution in [0.25, 0.3) is 0 Å². The lowest BCUT2D eigenvalue weighted by molar-refractivity contribution is -0.139. The first-order valence-electron chi connectivity index (χ1n) is 45.8. The molecule has 12 amide bonds. The molecule has 130 heavy (non-hydrogen) atoms. The molecule has 0 aliphatic carbocycles. The number of carbonyl (C=O) groups is 12. The fourth-order valence-electron chi connectivity index (χ4n) is 18.7. The summed E-state index contributed by atoms with van der Waals surface area (Å²) in [7, 11) is 5.01. The topological polar surface area (TPSA) is 357 Å². The molecule has 0 unspecified atom stereocenters. The van der Waals surface area contributed by atoms with Gasteiger partial charge in [0.25, 0.3) is 0 Å². The van der Waals surface area contributed by atoms with Gasteiger partial charge in [0.1, 0.15) is 48.3 Å².